The minimum Gasteiger partial charge on any atom is -0.508 e. The van der Waals surface area contributed by atoms with Crippen molar-refractivity contribution in [2.75, 3.05) is 0 Å². The number of carbonyl (C=O) groups is 1. The van der Waals surface area contributed by atoms with Crippen LogP contribution in [0.2, 0.25) is 0 Å². The maximum Gasteiger partial charge on any atom is 0.180 e. The zero-order valence-electron chi connectivity index (χ0n) is 9.12. The Morgan fingerprint density at radius 3 is 2.40 bits per heavy atom. The molecule has 1 aromatic rings. The summed E-state index contributed by atoms with van der Waals surface area (Å²) in [7, 11) is 0. The van der Waals surface area contributed by atoms with Gasteiger partial charge in [0.25, 0.3) is 0 Å². The summed E-state index contributed by atoms with van der Waals surface area (Å²) in [6.45, 7) is 5.58. The van der Waals surface area contributed by atoms with Gasteiger partial charge in [0, 0.05) is 5.56 Å². The fourth-order valence-electron chi connectivity index (χ4n) is 1.40. The van der Waals surface area contributed by atoms with E-state index in [0.717, 1.165) is 5.56 Å². The molecular formula is C12H15ClO2. The molecule has 1 atom stereocenters. The first-order chi connectivity index (χ1) is 6.93. The van der Waals surface area contributed by atoms with Gasteiger partial charge < -0.3 is 5.11 Å². The summed E-state index contributed by atoms with van der Waals surface area (Å²) in [4.78, 5) is 11.6. The Bertz CT molecular complexity index is 370. The number of ketones is 1. The lowest BCUT2D eigenvalue weighted by Gasteiger charge is -2.10. The number of hydrogen-bond acceptors (Lipinski definition) is 2. The number of phenols is 1. The molecule has 0 aliphatic rings. The second-order valence-corrected chi connectivity index (χ2v) is 4.56. The van der Waals surface area contributed by atoms with Gasteiger partial charge in [-0.05, 0) is 36.6 Å². The van der Waals surface area contributed by atoms with Crippen LogP contribution in [-0.4, -0.2) is 16.3 Å². The summed E-state index contributed by atoms with van der Waals surface area (Å²) >= 11 is 5.72. The largest absolute Gasteiger partial charge is 0.508 e. The Hall–Kier alpha value is -1.02. The Balaban J connectivity index is 3.13. The number of rotatable bonds is 3. The average molecular weight is 227 g/mol. The molecule has 0 spiro atoms. The number of hydrogen-bond donors (Lipinski definition) is 1. The maximum atomic E-state index is 11.6. The van der Waals surface area contributed by atoms with Gasteiger partial charge in [-0.1, -0.05) is 13.8 Å². The van der Waals surface area contributed by atoms with Crippen LogP contribution in [-0.2, 0) is 0 Å². The van der Waals surface area contributed by atoms with Gasteiger partial charge in [-0.3, -0.25) is 4.79 Å². The molecule has 1 unspecified atom stereocenters. The molecule has 0 saturated heterocycles. The van der Waals surface area contributed by atoms with Gasteiger partial charge in [-0.25, -0.2) is 0 Å². The predicted molar refractivity (Wildman–Crippen MR) is 61.8 cm³/mol. The number of Topliss-reactive ketones (excluding diaryl/α,β-unsaturated/α-hetero) is 1. The predicted octanol–water partition coefficient (Wildman–Crippen LogP) is 3.33. The number of carbonyl (C=O) groups excluding carboxylic acids is 1. The Labute approximate surface area is 94.9 Å². The molecule has 0 radical (unpaired) electrons. The first kappa shape index (κ1) is 12.1. The van der Waals surface area contributed by atoms with Gasteiger partial charge in [-0.2, -0.15) is 0 Å². The maximum absolute atomic E-state index is 11.6. The van der Waals surface area contributed by atoms with Crippen molar-refractivity contribution >= 4 is 17.4 Å². The molecule has 15 heavy (non-hydrogen) atoms. The van der Waals surface area contributed by atoms with E-state index in [0.29, 0.717) is 5.56 Å². The lowest BCUT2D eigenvalue weighted by atomic mass is 9.97. The van der Waals surface area contributed by atoms with E-state index in [4.69, 9.17) is 11.6 Å². The molecule has 1 N–H and O–H groups in total. The number of alkyl halides is 1. The molecular weight excluding hydrogens is 212 g/mol. The van der Waals surface area contributed by atoms with Crippen LogP contribution in [0.5, 0.6) is 5.75 Å². The standard InChI is InChI=1S/C12H15ClO2/c1-7(2)10-6-9(4-5-11(10)14)12(15)8(3)13/h4-8,14H,1-3H3. The Kier molecular flexibility index (Phi) is 3.75. The van der Waals surface area contributed by atoms with E-state index in [1.807, 2.05) is 13.8 Å². The molecule has 0 saturated carbocycles. The van der Waals surface area contributed by atoms with E-state index in [1.165, 1.54) is 0 Å². The molecule has 2 nitrogen and oxygen atoms in total. The molecule has 0 amide bonds. The summed E-state index contributed by atoms with van der Waals surface area (Å²) in [5.41, 5.74) is 1.33. The summed E-state index contributed by atoms with van der Waals surface area (Å²) in [6.07, 6.45) is 0. The lowest BCUT2D eigenvalue weighted by molar-refractivity contribution is 0.0991. The van der Waals surface area contributed by atoms with Crippen molar-refractivity contribution in [3.8, 4) is 5.75 Å². The van der Waals surface area contributed by atoms with Crippen molar-refractivity contribution in [2.24, 2.45) is 0 Å². The molecule has 82 valence electrons. The third-order valence-electron chi connectivity index (χ3n) is 2.30. The second-order valence-electron chi connectivity index (χ2n) is 3.91. The first-order valence-corrected chi connectivity index (χ1v) is 5.38. The third kappa shape index (κ3) is 2.72. The van der Waals surface area contributed by atoms with Crippen molar-refractivity contribution in [1.29, 1.82) is 0 Å². The summed E-state index contributed by atoms with van der Waals surface area (Å²) in [6, 6.07) is 4.85. The van der Waals surface area contributed by atoms with Gasteiger partial charge in [-0.15, -0.1) is 11.6 Å². The van der Waals surface area contributed by atoms with Gasteiger partial charge in [0.15, 0.2) is 5.78 Å². The smallest absolute Gasteiger partial charge is 0.180 e. The number of aromatic hydroxyl groups is 1. The highest BCUT2D eigenvalue weighted by atomic mass is 35.5. The highest BCUT2D eigenvalue weighted by molar-refractivity contribution is 6.33. The van der Waals surface area contributed by atoms with E-state index in [1.54, 1.807) is 25.1 Å². The monoisotopic (exact) mass is 226 g/mol. The lowest BCUT2D eigenvalue weighted by Crippen LogP contribution is -2.10. The van der Waals surface area contributed by atoms with Crippen LogP contribution in [0.4, 0.5) is 0 Å². The Morgan fingerprint density at radius 1 is 1.33 bits per heavy atom. The van der Waals surface area contributed by atoms with Crippen LogP contribution in [0.15, 0.2) is 18.2 Å². The summed E-state index contributed by atoms with van der Waals surface area (Å²) in [5, 5.41) is 9.05. The number of halogens is 1. The molecule has 0 aliphatic heterocycles. The molecule has 0 aromatic heterocycles. The van der Waals surface area contributed by atoms with E-state index < -0.39 is 5.38 Å². The van der Waals surface area contributed by atoms with Crippen LogP contribution < -0.4 is 0 Å². The topological polar surface area (TPSA) is 37.3 Å². The molecule has 0 heterocycles. The minimum absolute atomic E-state index is 0.112. The highest BCUT2D eigenvalue weighted by Crippen LogP contribution is 2.26. The van der Waals surface area contributed by atoms with Crippen LogP contribution in [0.3, 0.4) is 0 Å². The van der Waals surface area contributed by atoms with Gasteiger partial charge in [0.1, 0.15) is 5.75 Å². The molecule has 0 bridgehead atoms. The van der Waals surface area contributed by atoms with E-state index in [-0.39, 0.29) is 17.5 Å². The van der Waals surface area contributed by atoms with Gasteiger partial charge >= 0.3 is 0 Å². The number of benzene rings is 1. The van der Waals surface area contributed by atoms with Crippen molar-refractivity contribution in [3.63, 3.8) is 0 Å². The summed E-state index contributed by atoms with van der Waals surface area (Å²) < 4.78 is 0. The van der Waals surface area contributed by atoms with E-state index >= 15 is 0 Å². The Morgan fingerprint density at radius 2 is 1.93 bits per heavy atom. The van der Waals surface area contributed by atoms with Crippen molar-refractivity contribution in [3.05, 3.63) is 29.3 Å². The normalized spacial score (nSPS) is 12.9. The van der Waals surface area contributed by atoms with Gasteiger partial charge in [0.05, 0.1) is 5.38 Å². The fraction of sp³-hybridized carbons (Fsp3) is 0.417. The number of phenolic OH excluding ortho intramolecular Hbond substituents is 1. The van der Waals surface area contributed by atoms with Crippen LogP contribution in [0.25, 0.3) is 0 Å². The van der Waals surface area contributed by atoms with Crippen LogP contribution in [0, 0.1) is 0 Å². The van der Waals surface area contributed by atoms with Gasteiger partial charge in [0.2, 0.25) is 0 Å². The zero-order valence-corrected chi connectivity index (χ0v) is 9.88. The van der Waals surface area contributed by atoms with Crippen LogP contribution >= 0.6 is 11.6 Å². The first-order valence-electron chi connectivity index (χ1n) is 4.94. The minimum atomic E-state index is -0.533. The molecule has 0 aliphatic carbocycles. The third-order valence-corrected chi connectivity index (χ3v) is 2.49. The molecule has 3 heteroatoms. The fourth-order valence-corrected chi connectivity index (χ4v) is 1.53. The van der Waals surface area contributed by atoms with Crippen molar-refractivity contribution in [1.82, 2.24) is 0 Å². The van der Waals surface area contributed by atoms with Crippen molar-refractivity contribution < 1.29 is 9.90 Å². The average Bonchev–Trinajstić information content (AvgIpc) is 2.16. The van der Waals surface area contributed by atoms with Crippen LogP contribution in [0.1, 0.15) is 42.6 Å². The molecule has 1 rings (SSSR count). The molecule has 1 aromatic carbocycles. The van der Waals surface area contributed by atoms with E-state index in [9.17, 15) is 9.90 Å². The molecule has 0 fully saturated rings. The zero-order chi connectivity index (χ0) is 11.6. The van der Waals surface area contributed by atoms with E-state index in [2.05, 4.69) is 0 Å². The second kappa shape index (κ2) is 4.67. The highest BCUT2D eigenvalue weighted by Gasteiger charge is 2.15. The van der Waals surface area contributed by atoms with Crippen molar-refractivity contribution in [2.45, 2.75) is 32.1 Å². The quantitative estimate of drug-likeness (QED) is 0.634. The summed E-state index contributed by atoms with van der Waals surface area (Å²) in [5.74, 6) is 0.297. The SMILES string of the molecule is CC(Cl)C(=O)c1ccc(O)c(C(C)C)c1.